The fraction of sp³-hybridized carbons (Fsp3) is 0.538. The van der Waals surface area contributed by atoms with E-state index < -0.39 is 0 Å². The molecule has 0 radical (unpaired) electrons. The third kappa shape index (κ3) is 4.71. The summed E-state index contributed by atoms with van der Waals surface area (Å²) in [5.41, 5.74) is 1.37. The number of nitrogens with one attached hydrogen (secondary N) is 1. The monoisotopic (exact) mass is 241 g/mol. The molecular weight excluding hydrogens is 221 g/mol. The molecule has 0 heterocycles. The van der Waals surface area contributed by atoms with Gasteiger partial charge in [-0.15, -0.1) is 0 Å². The quantitative estimate of drug-likeness (QED) is 0.744. The molecule has 1 aromatic carbocycles. The van der Waals surface area contributed by atoms with Crippen LogP contribution >= 0.6 is 0 Å². The number of rotatable bonds is 7. The largest absolute Gasteiger partial charge is 0.380 e. The number of aryl methyl sites for hydroxylation is 1. The lowest BCUT2D eigenvalue weighted by Crippen LogP contribution is -2.26. The Balaban J connectivity index is 2.49. The molecule has 0 unspecified atom stereocenters. The van der Waals surface area contributed by atoms with E-state index in [0.717, 1.165) is 5.69 Å². The first-order valence-corrected chi connectivity index (χ1v) is 5.90. The molecule has 0 spiro atoms. The van der Waals surface area contributed by atoms with Crippen LogP contribution in [0.1, 0.15) is 19.4 Å². The summed E-state index contributed by atoms with van der Waals surface area (Å²) in [6, 6.07) is 5.06. The number of ether oxygens (including phenoxy) is 2. The summed E-state index contributed by atoms with van der Waals surface area (Å²) in [5.74, 6) is -0.209. The number of hydrogen-bond acceptors (Lipinski definition) is 3. The third-order valence-corrected chi connectivity index (χ3v) is 2.35. The Morgan fingerprint density at radius 3 is 2.41 bits per heavy atom. The average molecular weight is 241 g/mol. The summed E-state index contributed by atoms with van der Waals surface area (Å²) in [6.07, 6.45) is -0.297. The van der Waals surface area contributed by atoms with Crippen LogP contribution in [-0.4, -0.2) is 26.0 Å². The predicted molar refractivity (Wildman–Crippen MR) is 66.7 cm³/mol. The minimum Gasteiger partial charge on any atom is -0.380 e. The van der Waals surface area contributed by atoms with Gasteiger partial charge >= 0.3 is 0 Å². The molecule has 0 aliphatic heterocycles. The molecule has 1 N–H and O–H groups in total. The van der Waals surface area contributed by atoms with Crippen molar-refractivity contribution in [1.29, 1.82) is 0 Å². The van der Waals surface area contributed by atoms with Crippen molar-refractivity contribution in [3.63, 3.8) is 0 Å². The molecule has 96 valence electrons. The molecule has 0 aliphatic rings. The second kappa shape index (κ2) is 7.25. The molecule has 0 saturated carbocycles. The first-order chi connectivity index (χ1) is 8.17. The number of hydrogen-bond donors (Lipinski definition) is 1. The van der Waals surface area contributed by atoms with Gasteiger partial charge in [-0.1, -0.05) is 6.07 Å². The molecule has 0 atom stereocenters. The van der Waals surface area contributed by atoms with Gasteiger partial charge in [0, 0.05) is 18.9 Å². The van der Waals surface area contributed by atoms with Crippen molar-refractivity contribution in [3.8, 4) is 0 Å². The summed E-state index contributed by atoms with van der Waals surface area (Å²) in [5, 5.41) is 3.09. The summed E-state index contributed by atoms with van der Waals surface area (Å²) in [6.45, 7) is 7.25. The van der Waals surface area contributed by atoms with Gasteiger partial charge < -0.3 is 14.8 Å². The molecule has 3 nitrogen and oxygen atoms in total. The molecule has 0 aliphatic carbocycles. The molecule has 4 heteroatoms. The summed E-state index contributed by atoms with van der Waals surface area (Å²) in [4.78, 5) is 0. The highest BCUT2D eigenvalue weighted by Gasteiger charge is 2.07. The Morgan fingerprint density at radius 1 is 1.24 bits per heavy atom. The van der Waals surface area contributed by atoms with Crippen molar-refractivity contribution in [3.05, 3.63) is 29.6 Å². The second-order valence-electron chi connectivity index (χ2n) is 3.69. The van der Waals surface area contributed by atoms with Crippen LogP contribution in [0.3, 0.4) is 0 Å². The molecule has 0 fully saturated rings. The molecule has 0 aromatic heterocycles. The Morgan fingerprint density at radius 2 is 1.88 bits per heavy atom. The van der Waals surface area contributed by atoms with Crippen LogP contribution in [0.2, 0.25) is 0 Å². The molecule has 0 amide bonds. The van der Waals surface area contributed by atoms with E-state index >= 15 is 0 Å². The van der Waals surface area contributed by atoms with Gasteiger partial charge in [0.05, 0.1) is 6.54 Å². The van der Waals surface area contributed by atoms with E-state index in [0.29, 0.717) is 25.3 Å². The van der Waals surface area contributed by atoms with E-state index in [-0.39, 0.29) is 12.1 Å². The summed E-state index contributed by atoms with van der Waals surface area (Å²) < 4.78 is 24.1. The van der Waals surface area contributed by atoms with Gasteiger partial charge in [-0.2, -0.15) is 0 Å². The van der Waals surface area contributed by atoms with Crippen molar-refractivity contribution in [2.75, 3.05) is 25.1 Å². The highest BCUT2D eigenvalue weighted by atomic mass is 19.1. The van der Waals surface area contributed by atoms with Crippen molar-refractivity contribution >= 4 is 5.69 Å². The van der Waals surface area contributed by atoms with Crippen LogP contribution in [0.5, 0.6) is 0 Å². The number of anilines is 1. The maximum atomic E-state index is 13.3. The lowest BCUT2D eigenvalue weighted by Gasteiger charge is -2.18. The zero-order valence-electron chi connectivity index (χ0n) is 10.6. The van der Waals surface area contributed by atoms with Crippen LogP contribution in [0, 0.1) is 12.7 Å². The molecular formula is C13H20FNO2. The lowest BCUT2D eigenvalue weighted by atomic mass is 10.2. The smallest absolute Gasteiger partial charge is 0.174 e. The Hall–Kier alpha value is -1.13. The zero-order valence-corrected chi connectivity index (χ0v) is 10.6. The van der Waals surface area contributed by atoms with Crippen molar-refractivity contribution in [1.82, 2.24) is 0 Å². The normalized spacial score (nSPS) is 10.9. The van der Waals surface area contributed by atoms with Crippen LogP contribution in [-0.2, 0) is 9.47 Å². The summed E-state index contributed by atoms with van der Waals surface area (Å²) >= 11 is 0. The highest BCUT2D eigenvalue weighted by molar-refractivity contribution is 5.45. The Labute approximate surface area is 102 Å². The zero-order chi connectivity index (χ0) is 12.7. The van der Waals surface area contributed by atoms with E-state index in [1.54, 1.807) is 13.0 Å². The van der Waals surface area contributed by atoms with Gasteiger partial charge in [-0.3, -0.25) is 0 Å². The van der Waals surface area contributed by atoms with Crippen molar-refractivity contribution in [2.45, 2.75) is 27.1 Å². The van der Waals surface area contributed by atoms with Gasteiger partial charge in [-0.25, -0.2) is 4.39 Å². The lowest BCUT2D eigenvalue weighted by molar-refractivity contribution is -0.126. The topological polar surface area (TPSA) is 30.5 Å². The molecule has 1 rings (SSSR count). The second-order valence-corrected chi connectivity index (χ2v) is 3.69. The van der Waals surface area contributed by atoms with E-state index in [2.05, 4.69) is 5.32 Å². The van der Waals surface area contributed by atoms with Gasteiger partial charge in [0.25, 0.3) is 0 Å². The number of halogens is 1. The maximum absolute atomic E-state index is 13.3. The van der Waals surface area contributed by atoms with Crippen molar-refractivity contribution in [2.24, 2.45) is 0 Å². The highest BCUT2D eigenvalue weighted by Crippen LogP contribution is 2.13. The van der Waals surface area contributed by atoms with Gasteiger partial charge in [0.1, 0.15) is 5.82 Å². The van der Waals surface area contributed by atoms with Gasteiger partial charge in [0.2, 0.25) is 0 Å². The van der Waals surface area contributed by atoms with Crippen LogP contribution in [0.4, 0.5) is 10.1 Å². The molecule has 0 bridgehead atoms. The van der Waals surface area contributed by atoms with Crippen LogP contribution in [0.15, 0.2) is 18.2 Å². The van der Waals surface area contributed by atoms with E-state index in [1.807, 2.05) is 19.9 Å². The minimum absolute atomic E-state index is 0.209. The Bertz CT molecular complexity index is 338. The molecule has 1 aromatic rings. The Kier molecular flexibility index (Phi) is 5.94. The minimum atomic E-state index is -0.297. The summed E-state index contributed by atoms with van der Waals surface area (Å²) in [7, 11) is 0. The van der Waals surface area contributed by atoms with Gasteiger partial charge in [-0.05, 0) is 38.5 Å². The SMILES string of the molecule is CCOC(CNc1ccc(C)c(F)c1)OCC. The molecule has 0 saturated heterocycles. The fourth-order valence-electron chi connectivity index (χ4n) is 1.44. The third-order valence-electron chi connectivity index (χ3n) is 2.35. The fourth-order valence-corrected chi connectivity index (χ4v) is 1.44. The van der Waals surface area contributed by atoms with Crippen LogP contribution < -0.4 is 5.32 Å². The van der Waals surface area contributed by atoms with E-state index in [9.17, 15) is 4.39 Å². The first kappa shape index (κ1) is 13.9. The van der Waals surface area contributed by atoms with Crippen LogP contribution in [0.25, 0.3) is 0 Å². The van der Waals surface area contributed by atoms with Gasteiger partial charge in [0.15, 0.2) is 6.29 Å². The van der Waals surface area contributed by atoms with E-state index in [1.165, 1.54) is 6.07 Å². The first-order valence-electron chi connectivity index (χ1n) is 5.90. The number of benzene rings is 1. The molecule has 17 heavy (non-hydrogen) atoms. The van der Waals surface area contributed by atoms with E-state index in [4.69, 9.17) is 9.47 Å². The predicted octanol–water partition coefficient (Wildman–Crippen LogP) is 2.95. The maximum Gasteiger partial charge on any atom is 0.174 e. The standard InChI is InChI=1S/C13H20FNO2/c1-4-16-13(17-5-2)9-15-11-7-6-10(3)12(14)8-11/h6-8,13,15H,4-5,9H2,1-3H3. The van der Waals surface area contributed by atoms with Crippen molar-refractivity contribution < 1.29 is 13.9 Å². The average Bonchev–Trinajstić information content (AvgIpc) is 2.31.